The lowest BCUT2D eigenvalue weighted by molar-refractivity contribution is 0.282. The minimum atomic E-state index is -0.584. The summed E-state index contributed by atoms with van der Waals surface area (Å²) in [5.74, 6) is 0.0462. The Hall–Kier alpha value is -2.57. The van der Waals surface area contributed by atoms with Gasteiger partial charge in [0.25, 0.3) is 0 Å². The lowest BCUT2D eigenvalue weighted by Gasteiger charge is -2.38. The van der Waals surface area contributed by atoms with Crippen molar-refractivity contribution in [2.75, 3.05) is 12.4 Å². The highest BCUT2D eigenvalue weighted by Gasteiger charge is 2.39. The first-order chi connectivity index (χ1) is 16.0. The lowest BCUT2D eigenvalue weighted by Crippen LogP contribution is -2.30. The smallest absolute Gasteiger partial charge is 0.175 e. The summed E-state index contributed by atoms with van der Waals surface area (Å²) in [5.41, 5.74) is 2.80. The van der Waals surface area contributed by atoms with E-state index < -0.39 is 11.6 Å². The molecule has 0 radical (unpaired) electrons. The number of anilines is 1. The van der Waals surface area contributed by atoms with Crippen LogP contribution in [0.2, 0.25) is 5.02 Å². The van der Waals surface area contributed by atoms with Gasteiger partial charge < -0.3 is 14.8 Å². The molecule has 170 valence electrons. The summed E-state index contributed by atoms with van der Waals surface area (Å²) in [6.45, 7) is 0.286. The third-order valence-electron chi connectivity index (χ3n) is 6.33. The second kappa shape index (κ2) is 8.99. The van der Waals surface area contributed by atoms with Crippen molar-refractivity contribution < 1.29 is 18.3 Å². The molecule has 0 spiro atoms. The Labute approximate surface area is 204 Å². The first kappa shape index (κ1) is 22.2. The van der Waals surface area contributed by atoms with E-state index in [2.05, 4.69) is 27.3 Å². The van der Waals surface area contributed by atoms with Gasteiger partial charge in [-0.1, -0.05) is 42.0 Å². The van der Waals surface area contributed by atoms with Crippen molar-refractivity contribution >= 4 is 33.2 Å². The number of hydrogen-bond acceptors (Lipinski definition) is 3. The van der Waals surface area contributed by atoms with E-state index in [1.807, 2.05) is 42.5 Å². The van der Waals surface area contributed by atoms with Gasteiger partial charge in [-0.15, -0.1) is 0 Å². The summed E-state index contributed by atoms with van der Waals surface area (Å²) in [7, 11) is 1.58. The fraction of sp³-hybridized carbons (Fsp3) is 0.231. The molecule has 1 N–H and O–H groups in total. The molecule has 3 atom stereocenters. The van der Waals surface area contributed by atoms with Crippen LogP contribution in [0.25, 0.3) is 0 Å². The Kier molecular flexibility index (Phi) is 6.06. The molecule has 0 amide bonds. The topological polar surface area (TPSA) is 30.5 Å². The van der Waals surface area contributed by atoms with E-state index in [0.29, 0.717) is 27.8 Å². The van der Waals surface area contributed by atoms with Gasteiger partial charge in [0.15, 0.2) is 11.5 Å². The number of ether oxygens (including phenoxy) is 2. The van der Waals surface area contributed by atoms with Crippen LogP contribution >= 0.6 is 27.5 Å². The summed E-state index contributed by atoms with van der Waals surface area (Å²) < 4.78 is 41.0. The molecule has 0 saturated heterocycles. The maximum atomic E-state index is 14.7. The van der Waals surface area contributed by atoms with E-state index in [4.69, 9.17) is 21.1 Å². The number of nitrogens with one attached hydrogen (secondary N) is 1. The summed E-state index contributed by atoms with van der Waals surface area (Å²) in [4.78, 5) is 0. The Morgan fingerprint density at radius 1 is 1.15 bits per heavy atom. The molecule has 1 aliphatic carbocycles. The Morgan fingerprint density at radius 3 is 2.76 bits per heavy atom. The minimum absolute atomic E-state index is 0.0580. The standard InChI is InChI=1S/C26H21BrClF2NO2/c1-32-23-10-15(9-20(27)26(23)33-13-14-5-2-3-8-21(14)28)24-18-7-4-6-17(18)19-11-16(29)12-22(30)25(19)31-24/h2-6,8-12,17-18,24,31H,7,13H2,1H3/t17-,18-,24+/m1/s1. The van der Waals surface area contributed by atoms with Crippen LogP contribution in [0.5, 0.6) is 11.5 Å². The van der Waals surface area contributed by atoms with Crippen LogP contribution in [0.1, 0.15) is 35.1 Å². The molecule has 3 aromatic rings. The SMILES string of the molecule is COc1cc([C@@H]2Nc3c(F)cc(F)cc3[C@@H]3C=CC[C@H]32)cc(Br)c1OCc1ccccc1Cl. The number of fused-ring (bicyclic) bond motifs is 3. The highest BCUT2D eigenvalue weighted by Crippen LogP contribution is 2.52. The fourth-order valence-electron chi connectivity index (χ4n) is 4.78. The van der Waals surface area contributed by atoms with Gasteiger partial charge in [0.1, 0.15) is 18.2 Å². The molecular formula is C26H21BrClF2NO2. The second-order valence-electron chi connectivity index (χ2n) is 8.24. The molecule has 7 heteroatoms. The molecule has 3 aromatic carbocycles. The minimum Gasteiger partial charge on any atom is -0.493 e. The van der Waals surface area contributed by atoms with Gasteiger partial charge in [-0.25, -0.2) is 8.78 Å². The molecule has 0 unspecified atom stereocenters. The lowest BCUT2D eigenvalue weighted by atomic mass is 9.77. The highest BCUT2D eigenvalue weighted by atomic mass is 79.9. The van der Waals surface area contributed by atoms with Crippen molar-refractivity contribution in [3.8, 4) is 11.5 Å². The average Bonchev–Trinajstić information content (AvgIpc) is 3.29. The molecule has 0 fully saturated rings. The third kappa shape index (κ3) is 4.11. The van der Waals surface area contributed by atoms with Gasteiger partial charge in [-0.3, -0.25) is 0 Å². The Morgan fingerprint density at radius 2 is 1.97 bits per heavy atom. The predicted molar refractivity (Wildman–Crippen MR) is 129 cm³/mol. The normalized spacial score (nSPS) is 20.7. The molecule has 33 heavy (non-hydrogen) atoms. The number of rotatable bonds is 5. The molecule has 3 nitrogen and oxygen atoms in total. The average molecular weight is 533 g/mol. The van der Waals surface area contributed by atoms with Crippen LogP contribution in [0.15, 0.2) is 65.2 Å². The van der Waals surface area contributed by atoms with Gasteiger partial charge in [0.2, 0.25) is 0 Å². The molecule has 1 aliphatic heterocycles. The molecule has 2 aliphatic rings. The first-order valence-corrected chi connectivity index (χ1v) is 11.8. The van der Waals surface area contributed by atoms with Crippen molar-refractivity contribution in [1.82, 2.24) is 0 Å². The second-order valence-corrected chi connectivity index (χ2v) is 9.50. The molecule has 0 saturated carbocycles. The van der Waals surface area contributed by atoms with Gasteiger partial charge in [-0.2, -0.15) is 0 Å². The zero-order valence-corrected chi connectivity index (χ0v) is 20.1. The predicted octanol–water partition coefficient (Wildman–Crippen LogP) is 7.79. The van der Waals surface area contributed by atoms with E-state index in [0.717, 1.165) is 28.1 Å². The van der Waals surface area contributed by atoms with E-state index in [1.165, 1.54) is 6.07 Å². The molecule has 5 rings (SSSR count). The van der Waals surface area contributed by atoms with Gasteiger partial charge in [-0.05, 0) is 63.7 Å². The zero-order chi connectivity index (χ0) is 23.1. The number of benzene rings is 3. The van der Waals surface area contributed by atoms with Crippen LogP contribution < -0.4 is 14.8 Å². The number of halogens is 4. The summed E-state index contributed by atoms with van der Waals surface area (Å²) in [5, 5.41) is 3.96. The van der Waals surface area contributed by atoms with Crippen LogP contribution in [0.3, 0.4) is 0 Å². The summed E-state index contributed by atoms with van der Waals surface area (Å²) in [6, 6.07) is 13.5. The molecular weight excluding hydrogens is 512 g/mol. The molecule has 0 bridgehead atoms. The summed E-state index contributed by atoms with van der Waals surface area (Å²) >= 11 is 9.88. The highest BCUT2D eigenvalue weighted by molar-refractivity contribution is 9.10. The molecule has 0 aromatic heterocycles. The Balaban J connectivity index is 1.48. The van der Waals surface area contributed by atoms with Crippen LogP contribution in [-0.4, -0.2) is 7.11 Å². The van der Waals surface area contributed by atoms with Gasteiger partial charge in [0.05, 0.1) is 23.3 Å². The van der Waals surface area contributed by atoms with E-state index in [-0.39, 0.29) is 24.5 Å². The van der Waals surface area contributed by atoms with Crippen molar-refractivity contribution in [2.45, 2.75) is 25.0 Å². The monoisotopic (exact) mass is 531 g/mol. The van der Waals surface area contributed by atoms with E-state index in [9.17, 15) is 8.78 Å². The quantitative estimate of drug-likeness (QED) is 0.340. The maximum Gasteiger partial charge on any atom is 0.175 e. The van der Waals surface area contributed by atoms with E-state index >= 15 is 0 Å². The fourth-order valence-corrected chi connectivity index (χ4v) is 5.54. The largest absolute Gasteiger partial charge is 0.493 e. The number of methoxy groups -OCH3 is 1. The number of allylic oxidation sites excluding steroid dienone is 2. The van der Waals surface area contributed by atoms with Crippen molar-refractivity contribution in [2.24, 2.45) is 5.92 Å². The maximum absolute atomic E-state index is 14.7. The van der Waals surface area contributed by atoms with Crippen molar-refractivity contribution in [3.63, 3.8) is 0 Å². The van der Waals surface area contributed by atoms with Crippen molar-refractivity contribution in [3.05, 3.63) is 98.5 Å². The zero-order valence-electron chi connectivity index (χ0n) is 17.7. The van der Waals surface area contributed by atoms with Crippen molar-refractivity contribution in [1.29, 1.82) is 0 Å². The summed E-state index contributed by atoms with van der Waals surface area (Å²) in [6.07, 6.45) is 4.93. The van der Waals surface area contributed by atoms with Crippen LogP contribution in [0.4, 0.5) is 14.5 Å². The third-order valence-corrected chi connectivity index (χ3v) is 7.28. The first-order valence-electron chi connectivity index (χ1n) is 10.6. The Bertz CT molecular complexity index is 1250. The van der Waals surface area contributed by atoms with Gasteiger partial charge in [0, 0.05) is 22.6 Å². The number of hydrogen-bond donors (Lipinski definition) is 1. The molecule has 1 heterocycles. The van der Waals surface area contributed by atoms with Crippen LogP contribution in [0, 0.1) is 17.6 Å². The van der Waals surface area contributed by atoms with Gasteiger partial charge >= 0.3 is 0 Å². The van der Waals surface area contributed by atoms with E-state index in [1.54, 1.807) is 7.11 Å². The van der Waals surface area contributed by atoms with Crippen LogP contribution in [-0.2, 0) is 6.61 Å².